The molecule has 6 nitrogen and oxygen atoms in total. The van der Waals surface area contributed by atoms with Gasteiger partial charge < -0.3 is 20.3 Å². The molecule has 156 valence electrons. The third-order valence-corrected chi connectivity index (χ3v) is 4.73. The number of phenols is 1. The lowest BCUT2D eigenvalue weighted by Gasteiger charge is -2.11. The van der Waals surface area contributed by atoms with Gasteiger partial charge in [0.15, 0.2) is 11.7 Å². The van der Waals surface area contributed by atoms with Crippen molar-refractivity contribution in [3.8, 4) is 5.75 Å². The van der Waals surface area contributed by atoms with Crippen LogP contribution in [0.3, 0.4) is 0 Å². The zero-order chi connectivity index (χ0) is 19.8. The van der Waals surface area contributed by atoms with Gasteiger partial charge in [0, 0.05) is 18.5 Å². The molecule has 1 aromatic carbocycles. The van der Waals surface area contributed by atoms with Crippen molar-refractivity contribution >= 4 is 29.9 Å². The van der Waals surface area contributed by atoms with Crippen LogP contribution in [0.5, 0.6) is 5.75 Å². The number of hydrogen-bond acceptors (Lipinski definition) is 4. The van der Waals surface area contributed by atoms with E-state index in [1.54, 1.807) is 0 Å². The number of halogens is 1. The minimum absolute atomic E-state index is 0. The van der Waals surface area contributed by atoms with E-state index in [0.717, 1.165) is 53.5 Å². The molecule has 1 heterocycles. The number of guanidine groups is 1. The third-order valence-electron chi connectivity index (χ3n) is 4.73. The highest BCUT2D eigenvalue weighted by Gasteiger charge is 2.13. The first-order valence-corrected chi connectivity index (χ1v) is 9.75. The Hall–Kier alpha value is -1.77. The van der Waals surface area contributed by atoms with E-state index in [9.17, 15) is 5.11 Å². The van der Waals surface area contributed by atoms with E-state index >= 15 is 0 Å². The number of phenolic OH excluding ortho intramolecular Hbond substituents is 1. The van der Waals surface area contributed by atoms with Crippen LogP contribution in [0.25, 0.3) is 0 Å². The number of hydrogen-bond donors (Lipinski definition) is 3. The first kappa shape index (κ1) is 24.3. The van der Waals surface area contributed by atoms with E-state index < -0.39 is 0 Å². The van der Waals surface area contributed by atoms with E-state index in [2.05, 4.69) is 34.6 Å². The van der Waals surface area contributed by atoms with Crippen LogP contribution in [0.2, 0.25) is 0 Å². The lowest BCUT2D eigenvalue weighted by molar-refractivity contribution is 0.368. The first-order valence-electron chi connectivity index (χ1n) is 9.75. The summed E-state index contributed by atoms with van der Waals surface area (Å²) in [6, 6.07) is 5.96. The Bertz CT molecular complexity index is 747. The summed E-state index contributed by atoms with van der Waals surface area (Å²) >= 11 is 0. The van der Waals surface area contributed by atoms with Gasteiger partial charge in [-0.1, -0.05) is 31.1 Å². The van der Waals surface area contributed by atoms with Crippen molar-refractivity contribution in [2.75, 3.05) is 6.54 Å². The summed E-state index contributed by atoms with van der Waals surface area (Å²) in [6.07, 6.45) is 2.12. The van der Waals surface area contributed by atoms with Gasteiger partial charge in [-0.05, 0) is 50.3 Å². The zero-order valence-electron chi connectivity index (χ0n) is 17.5. The average Bonchev–Trinajstić information content (AvgIpc) is 3.11. The van der Waals surface area contributed by atoms with Gasteiger partial charge in [0.25, 0.3) is 0 Å². The van der Waals surface area contributed by atoms with Gasteiger partial charge in [0.05, 0.1) is 18.8 Å². The monoisotopic (exact) mass is 500 g/mol. The minimum Gasteiger partial charge on any atom is -0.507 e. The van der Waals surface area contributed by atoms with Gasteiger partial charge in [0.1, 0.15) is 5.75 Å². The summed E-state index contributed by atoms with van der Waals surface area (Å²) in [5.74, 6) is 2.33. The molecule has 0 saturated heterocycles. The number of benzene rings is 1. The third kappa shape index (κ3) is 6.68. The summed E-state index contributed by atoms with van der Waals surface area (Å²) in [5.41, 5.74) is 3.83. The van der Waals surface area contributed by atoms with Crippen molar-refractivity contribution < 1.29 is 9.63 Å². The van der Waals surface area contributed by atoms with Crippen LogP contribution in [0.15, 0.2) is 27.7 Å². The molecular formula is C21H33IN4O2. The maximum absolute atomic E-state index is 9.90. The molecular weight excluding hydrogens is 467 g/mol. The molecule has 7 heteroatoms. The maximum atomic E-state index is 9.90. The van der Waals surface area contributed by atoms with Crippen molar-refractivity contribution in [2.45, 2.75) is 66.5 Å². The summed E-state index contributed by atoms with van der Waals surface area (Å²) < 4.78 is 5.46. The van der Waals surface area contributed by atoms with Gasteiger partial charge in [-0.25, -0.2) is 4.99 Å². The molecule has 0 spiro atoms. The van der Waals surface area contributed by atoms with Gasteiger partial charge in [-0.3, -0.25) is 0 Å². The van der Waals surface area contributed by atoms with Gasteiger partial charge >= 0.3 is 0 Å². The first-order chi connectivity index (χ1) is 13.0. The molecule has 1 aromatic heterocycles. The minimum atomic E-state index is 0. The highest BCUT2D eigenvalue weighted by Crippen LogP contribution is 2.23. The van der Waals surface area contributed by atoms with Crippen molar-refractivity contribution in [1.82, 2.24) is 15.8 Å². The Kier molecular flexibility index (Phi) is 10.3. The molecule has 3 N–H and O–H groups in total. The van der Waals surface area contributed by atoms with Gasteiger partial charge in [-0.2, -0.15) is 0 Å². The second-order valence-corrected chi connectivity index (χ2v) is 6.86. The van der Waals surface area contributed by atoms with E-state index in [0.29, 0.717) is 24.8 Å². The highest BCUT2D eigenvalue weighted by atomic mass is 127. The molecule has 0 aliphatic heterocycles. The molecule has 0 unspecified atom stereocenters. The van der Waals surface area contributed by atoms with Crippen molar-refractivity contribution in [3.05, 3.63) is 46.3 Å². The Morgan fingerprint density at radius 1 is 1.11 bits per heavy atom. The second-order valence-electron chi connectivity index (χ2n) is 6.86. The molecule has 0 fully saturated rings. The number of rotatable bonds is 8. The lowest BCUT2D eigenvalue weighted by Crippen LogP contribution is -2.36. The van der Waals surface area contributed by atoms with Crippen LogP contribution in [0.4, 0.5) is 0 Å². The quantitative estimate of drug-likeness (QED) is 0.276. The smallest absolute Gasteiger partial charge is 0.191 e. The molecule has 2 rings (SSSR count). The summed E-state index contributed by atoms with van der Waals surface area (Å²) in [4.78, 5) is 4.64. The SMILES string of the molecule is CCNC(=NCc1cc(C)c(O)c(C)c1)NCc1cc(C(CC)CC)no1.I. The fourth-order valence-electron chi connectivity index (χ4n) is 3.13. The second kappa shape index (κ2) is 11.9. The Morgan fingerprint density at radius 3 is 2.32 bits per heavy atom. The average molecular weight is 500 g/mol. The topological polar surface area (TPSA) is 82.7 Å². The number of nitrogens with zero attached hydrogens (tertiary/aromatic N) is 2. The molecule has 0 bridgehead atoms. The fourth-order valence-corrected chi connectivity index (χ4v) is 3.13. The summed E-state index contributed by atoms with van der Waals surface area (Å²) in [6.45, 7) is 12.0. The predicted octanol–water partition coefficient (Wildman–Crippen LogP) is 4.77. The predicted molar refractivity (Wildman–Crippen MR) is 124 cm³/mol. The molecule has 0 radical (unpaired) electrons. The Morgan fingerprint density at radius 2 is 1.75 bits per heavy atom. The number of aromatic nitrogens is 1. The van der Waals surface area contributed by atoms with Crippen LogP contribution in [0, 0.1) is 13.8 Å². The number of aryl methyl sites for hydroxylation is 2. The number of aromatic hydroxyl groups is 1. The molecule has 0 atom stereocenters. The zero-order valence-corrected chi connectivity index (χ0v) is 19.8. The Balaban J connectivity index is 0.00000392. The normalized spacial score (nSPS) is 11.4. The molecule has 0 saturated carbocycles. The highest BCUT2D eigenvalue weighted by molar-refractivity contribution is 14.0. The molecule has 2 aromatic rings. The molecule has 0 amide bonds. The number of aliphatic imine (C=N–C) groups is 1. The van der Waals surface area contributed by atoms with Crippen molar-refractivity contribution in [1.29, 1.82) is 0 Å². The number of nitrogens with one attached hydrogen (secondary N) is 2. The largest absolute Gasteiger partial charge is 0.507 e. The molecule has 0 aliphatic carbocycles. The Labute approximate surface area is 185 Å². The molecule has 0 aliphatic rings. The van der Waals surface area contributed by atoms with E-state index in [1.807, 2.05) is 39.0 Å². The summed E-state index contributed by atoms with van der Waals surface area (Å²) in [5, 5.41) is 20.6. The standard InChI is InChI=1S/C21H32N4O2.HI/c1-6-17(7-2)19-11-18(27-25-19)13-24-21(22-8-3)23-12-16-9-14(4)20(26)15(5)10-16;/h9-11,17,26H,6-8,12-13H2,1-5H3,(H2,22,23,24);1H. The maximum Gasteiger partial charge on any atom is 0.191 e. The summed E-state index contributed by atoms with van der Waals surface area (Å²) in [7, 11) is 0. The van der Waals surface area contributed by atoms with Crippen molar-refractivity contribution in [3.63, 3.8) is 0 Å². The lowest BCUT2D eigenvalue weighted by atomic mass is 9.99. The van der Waals surface area contributed by atoms with E-state index in [-0.39, 0.29) is 24.0 Å². The van der Waals surface area contributed by atoms with E-state index in [4.69, 9.17) is 4.52 Å². The van der Waals surface area contributed by atoms with Gasteiger partial charge in [-0.15, -0.1) is 24.0 Å². The van der Waals surface area contributed by atoms with Crippen LogP contribution in [-0.4, -0.2) is 22.8 Å². The van der Waals surface area contributed by atoms with Crippen LogP contribution in [-0.2, 0) is 13.1 Å². The van der Waals surface area contributed by atoms with Crippen LogP contribution >= 0.6 is 24.0 Å². The van der Waals surface area contributed by atoms with Crippen LogP contribution in [0.1, 0.15) is 67.7 Å². The van der Waals surface area contributed by atoms with Crippen molar-refractivity contribution in [2.24, 2.45) is 4.99 Å². The molecule has 28 heavy (non-hydrogen) atoms. The van der Waals surface area contributed by atoms with E-state index in [1.165, 1.54) is 0 Å². The fraction of sp³-hybridized carbons (Fsp3) is 0.524. The van der Waals surface area contributed by atoms with Gasteiger partial charge in [0.2, 0.25) is 0 Å². The van der Waals surface area contributed by atoms with Crippen LogP contribution < -0.4 is 10.6 Å².